The van der Waals surface area contributed by atoms with Gasteiger partial charge in [-0.2, -0.15) is 0 Å². The quantitative estimate of drug-likeness (QED) is 0.438. The van der Waals surface area contributed by atoms with Crippen LogP contribution in [0.1, 0.15) is 59.3 Å². The molecule has 0 rings (SSSR count). The zero-order valence-electron chi connectivity index (χ0n) is 10.3. The van der Waals surface area contributed by atoms with Crippen LogP contribution >= 0.6 is 4.95 Å². The summed E-state index contributed by atoms with van der Waals surface area (Å²) in [5, 5.41) is 0. The Morgan fingerprint density at radius 3 is 1.21 bits per heavy atom. The van der Waals surface area contributed by atoms with Gasteiger partial charge in [-0.3, -0.25) is 0 Å². The molecule has 0 fully saturated rings. The minimum absolute atomic E-state index is 0.802. The van der Waals surface area contributed by atoms with Crippen LogP contribution in [0.15, 0.2) is 0 Å². The van der Waals surface area contributed by atoms with Crippen molar-refractivity contribution < 1.29 is 0 Å². The Bertz CT molecular complexity index is 104. The fraction of sp³-hybridized carbons (Fsp3) is 1.00. The van der Waals surface area contributed by atoms with E-state index >= 15 is 0 Å². The van der Waals surface area contributed by atoms with E-state index in [1.54, 1.807) is 18.5 Å². The molecule has 0 aromatic rings. The van der Waals surface area contributed by atoms with Crippen LogP contribution in [0.3, 0.4) is 0 Å². The Hall–Kier alpha value is 1.22. The van der Waals surface area contributed by atoms with E-state index in [0.29, 0.717) is 0 Å². The van der Waals surface area contributed by atoms with Crippen molar-refractivity contribution in [1.29, 1.82) is 0 Å². The molecule has 0 spiro atoms. The molecule has 14 heavy (non-hydrogen) atoms. The van der Waals surface area contributed by atoms with Crippen molar-refractivity contribution >= 4 is 26.7 Å². The molecule has 0 nitrogen and oxygen atoms in total. The fourth-order valence-electron chi connectivity index (χ4n) is 1.87. The van der Waals surface area contributed by atoms with Gasteiger partial charge in [0.2, 0.25) is 0 Å². The molecule has 0 atom stereocenters. The second-order valence-corrected chi connectivity index (χ2v) is 15.8. The van der Waals surface area contributed by atoms with Crippen molar-refractivity contribution in [3.8, 4) is 0 Å². The summed E-state index contributed by atoms with van der Waals surface area (Å²) < 4.78 is 0. The number of rotatable bonds is 9. The number of hydrogen-bond acceptors (Lipinski definition) is 0. The van der Waals surface area contributed by atoms with E-state index in [-0.39, 0.29) is 0 Å². The molecule has 0 aliphatic heterocycles. The SMILES string of the molecule is CCCC[PH]([Te])(CCCC)CCCC. The van der Waals surface area contributed by atoms with Gasteiger partial charge in [0.25, 0.3) is 0 Å². The summed E-state index contributed by atoms with van der Waals surface area (Å²) in [5.74, 6) is 0. The first-order valence-corrected chi connectivity index (χ1v) is 12.4. The molecule has 0 saturated heterocycles. The molecular weight excluding hydrogens is 303 g/mol. The second-order valence-electron chi connectivity index (χ2n) is 4.49. The van der Waals surface area contributed by atoms with Crippen LogP contribution in [-0.2, 0) is 0 Å². The summed E-state index contributed by atoms with van der Waals surface area (Å²) in [7, 11) is 0. The zero-order chi connectivity index (χ0) is 10.9. The fourth-order valence-corrected chi connectivity index (χ4v) is 9.32. The molecule has 0 heterocycles. The molecular formula is C12H28PTe. The van der Waals surface area contributed by atoms with Crippen molar-refractivity contribution in [2.24, 2.45) is 0 Å². The predicted molar refractivity (Wildman–Crippen MR) is 73.4 cm³/mol. The topological polar surface area (TPSA) is 0 Å². The van der Waals surface area contributed by atoms with Gasteiger partial charge in [0.15, 0.2) is 0 Å². The van der Waals surface area contributed by atoms with E-state index in [1.807, 2.05) is 0 Å². The Balaban J connectivity index is 3.89. The van der Waals surface area contributed by atoms with Crippen LogP contribution in [0, 0.1) is 0 Å². The van der Waals surface area contributed by atoms with Gasteiger partial charge in [0.1, 0.15) is 0 Å². The van der Waals surface area contributed by atoms with Gasteiger partial charge in [-0.15, -0.1) is 0 Å². The molecule has 0 aromatic heterocycles. The number of unbranched alkanes of at least 4 members (excludes halogenated alkanes) is 3. The van der Waals surface area contributed by atoms with Crippen molar-refractivity contribution in [3.63, 3.8) is 0 Å². The molecule has 0 N–H and O–H groups in total. The van der Waals surface area contributed by atoms with E-state index in [2.05, 4.69) is 42.5 Å². The Labute approximate surface area is 104 Å². The van der Waals surface area contributed by atoms with E-state index in [4.69, 9.17) is 0 Å². The first-order valence-electron chi connectivity index (χ1n) is 6.39. The molecule has 0 amide bonds. The summed E-state index contributed by atoms with van der Waals surface area (Å²) in [6.07, 6.45) is 13.4. The van der Waals surface area contributed by atoms with E-state index in [9.17, 15) is 0 Å². The van der Waals surface area contributed by atoms with E-state index in [1.165, 1.54) is 38.5 Å². The maximum absolute atomic E-state index is 2.57. The van der Waals surface area contributed by atoms with Crippen molar-refractivity contribution in [2.75, 3.05) is 18.5 Å². The summed E-state index contributed by atoms with van der Waals surface area (Å²) >= 11 is 2.57. The third-order valence-corrected chi connectivity index (χ3v) is 12.0. The zero-order valence-corrected chi connectivity index (χ0v) is 13.6. The third-order valence-electron chi connectivity index (χ3n) is 2.96. The van der Waals surface area contributed by atoms with Crippen LogP contribution in [0.4, 0.5) is 0 Å². The molecule has 0 aliphatic rings. The first-order chi connectivity index (χ1) is 6.68. The van der Waals surface area contributed by atoms with Gasteiger partial charge < -0.3 is 0 Å². The molecule has 0 saturated carbocycles. The first kappa shape index (κ1) is 15.2. The second kappa shape index (κ2) is 9.45. The molecule has 0 bridgehead atoms. The Kier molecular flexibility index (Phi) is 10.3. The monoisotopic (exact) mass is 333 g/mol. The predicted octanol–water partition coefficient (Wildman–Crippen LogP) is 4.22. The van der Waals surface area contributed by atoms with Gasteiger partial charge in [-0.25, -0.2) is 0 Å². The van der Waals surface area contributed by atoms with Crippen LogP contribution in [0.2, 0.25) is 0 Å². The Morgan fingerprint density at radius 1 is 0.714 bits per heavy atom. The van der Waals surface area contributed by atoms with E-state index < -0.39 is 4.95 Å². The van der Waals surface area contributed by atoms with Gasteiger partial charge in [0.05, 0.1) is 0 Å². The average Bonchev–Trinajstić information content (AvgIpc) is 2.21. The molecule has 0 aromatic carbocycles. The van der Waals surface area contributed by atoms with E-state index in [0.717, 1.165) is 0 Å². The van der Waals surface area contributed by atoms with Gasteiger partial charge in [-0.1, -0.05) is 0 Å². The summed E-state index contributed by atoms with van der Waals surface area (Å²) in [4.78, 5) is -0.802. The van der Waals surface area contributed by atoms with Crippen LogP contribution in [0.25, 0.3) is 0 Å². The van der Waals surface area contributed by atoms with Gasteiger partial charge in [0, 0.05) is 0 Å². The number of hydrogen-bond donors (Lipinski definition) is 0. The third kappa shape index (κ3) is 7.50. The standard InChI is InChI=1S/C12H28PTe/c1-4-7-10-13(14,11-8-5-2)12-9-6-3/h13H,4-12H2,1-3H3. The molecule has 1 radical (unpaired) electrons. The van der Waals surface area contributed by atoms with Crippen molar-refractivity contribution in [2.45, 2.75) is 59.3 Å². The molecule has 0 unspecified atom stereocenters. The van der Waals surface area contributed by atoms with Crippen LogP contribution < -0.4 is 0 Å². The average molecular weight is 331 g/mol. The Morgan fingerprint density at radius 2 is 1.00 bits per heavy atom. The van der Waals surface area contributed by atoms with Crippen LogP contribution in [-0.4, -0.2) is 40.2 Å². The van der Waals surface area contributed by atoms with Crippen LogP contribution in [0.5, 0.6) is 0 Å². The van der Waals surface area contributed by atoms with Crippen molar-refractivity contribution in [3.05, 3.63) is 0 Å². The summed E-state index contributed by atoms with van der Waals surface area (Å²) in [5.41, 5.74) is 0. The minimum atomic E-state index is -0.802. The molecule has 2 heteroatoms. The maximum atomic E-state index is 2.57. The van der Waals surface area contributed by atoms with Gasteiger partial charge >= 0.3 is 104 Å². The van der Waals surface area contributed by atoms with Crippen molar-refractivity contribution in [1.82, 2.24) is 0 Å². The summed E-state index contributed by atoms with van der Waals surface area (Å²) in [6, 6.07) is 0. The molecule has 87 valence electrons. The molecule has 0 aliphatic carbocycles. The normalized spacial score (nSPS) is 13.1. The summed E-state index contributed by atoms with van der Waals surface area (Å²) in [6.45, 7) is 6.99. The van der Waals surface area contributed by atoms with Gasteiger partial charge in [-0.05, 0) is 0 Å².